The molecule has 0 bridgehead atoms. The van der Waals surface area contributed by atoms with Gasteiger partial charge in [0, 0.05) is 16.9 Å². The van der Waals surface area contributed by atoms with Crippen LogP contribution in [0, 0.1) is 5.82 Å². The predicted molar refractivity (Wildman–Crippen MR) is 71.8 cm³/mol. The van der Waals surface area contributed by atoms with Gasteiger partial charge in [-0.15, -0.1) is 0 Å². The molecule has 1 heterocycles. The summed E-state index contributed by atoms with van der Waals surface area (Å²) >= 11 is 3.24. The summed E-state index contributed by atoms with van der Waals surface area (Å²) in [5.74, 6) is -0.296. The maximum absolute atomic E-state index is 13.2. The number of pyridine rings is 1. The number of halogens is 2. The van der Waals surface area contributed by atoms with Crippen LogP contribution in [0.2, 0.25) is 0 Å². The fourth-order valence-electron chi connectivity index (χ4n) is 1.86. The van der Waals surface area contributed by atoms with Crippen LogP contribution in [0.4, 0.5) is 4.39 Å². The molecule has 0 spiro atoms. The molecule has 18 heavy (non-hydrogen) atoms. The van der Waals surface area contributed by atoms with Crippen molar-refractivity contribution in [2.75, 3.05) is 0 Å². The second-order valence-corrected chi connectivity index (χ2v) is 5.11. The van der Waals surface area contributed by atoms with Crippen molar-refractivity contribution in [3.05, 3.63) is 64.1 Å². The molecule has 4 heteroatoms. The van der Waals surface area contributed by atoms with Crippen molar-refractivity contribution < 1.29 is 9.50 Å². The van der Waals surface area contributed by atoms with Crippen LogP contribution in [-0.2, 0) is 12.8 Å². The third kappa shape index (κ3) is 3.89. The zero-order valence-corrected chi connectivity index (χ0v) is 11.3. The SMILES string of the molecule is OC(Cc1ccncc1)Cc1cc(F)cc(Br)c1. The molecule has 0 aliphatic heterocycles. The number of hydrogen-bond donors (Lipinski definition) is 1. The van der Waals surface area contributed by atoms with Crippen LogP contribution in [0.15, 0.2) is 47.2 Å². The highest BCUT2D eigenvalue weighted by Gasteiger charge is 2.08. The second-order valence-electron chi connectivity index (χ2n) is 4.20. The van der Waals surface area contributed by atoms with Crippen LogP contribution in [0.5, 0.6) is 0 Å². The molecule has 1 aromatic carbocycles. The molecule has 0 saturated heterocycles. The van der Waals surface area contributed by atoms with Crippen molar-refractivity contribution in [2.45, 2.75) is 18.9 Å². The van der Waals surface area contributed by atoms with Gasteiger partial charge in [-0.25, -0.2) is 4.39 Å². The van der Waals surface area contributed by atoms with E-state index in [4.69, 9.17) is 0 Å². The summed E-state index contributed by atoms with van der Waals surface area (Å²) in [6, 6.07) is 8.40. The standard InChI is InChI=1S/C14H13BrFNO/c15-12-5-11(6-13(16)9-12)8-14(18)7-10-1-3-17-4-2-10/h1-6,9,14,18H,7-8H2. The lowest BCUT2D eigenvalue weighted by molar-refractivity contribution is 0.175. The largest absolute Gasteiger partial charge is 0.392 e. The summed E-state index contributed by atoms with van der Waals surface area (Å²) in [5, 5.41) is 9.98. The maximum Gasteiger partial charge on any atom is 0.124 e. The molecule has 2 aromatic rings. The van der Waals surface area contributed by atoms with Crippen LogP contribution < -0.4 is 0 Å². The summed E-state index contributed by atoms with van der Waals surface area (Å²) in [7, 11) is 0. The molecule has 1 aromatic heterocycles. The Labute approximate surface area is 114 Å². The molecular weight excluding hydrogens is 297 g/mol. The van der Waals surface area contributed by atoms with E-state index >= 15 is 0 Å². The first-order valence-corrected chi connectivity index (χ1v) is 6.45. The number of aliphatic hydroxyl groups excluding tert-OH is 1. The van der Waals surface area contributed by atoms with Crippen molar-refractivity contribution in [2.24, 2.45) is 0 Å². The molecule has 0 aliphatic carbocycles. The van der Waals surface area contributed by atoms with Gasteiger partial charge in [-0.1, -0.05) is 15.9 Å². The van der Waals surface area contributed by atoms with E-state index in [1.165, 1.54) is 12.1 Å². The van der Waals surface area contributed by atoms with Gasteiger partial charge in [0.05, 0.1) is 6.10 Å². The van der Waals surface area contributed by atoms with E-state index in [0.717, 1.165) is 11.1 Å². The lowest BCUT2D eigenvalue weighted by atomic mass is 10.0. The van der Waals surface area contributed by atoms with E-state index in [1.54, 1.807) is 12.4 Å². The van der Waals surface area contributed by atoms with Crippen molar-refractivity contribution in [3.8, 4) is 0 Å². The zero-order chi connectivity index (χ0) is 13.0. The smallest absolute Gasteiger partial charge is 0.124 e. The second kappa shape index (κ2) is 6.07. The summed E-state index contributed by atoms with van der Waals surface area (Å²) in [4.78, 5) is 3.92. The topological polar surface area (TPSA) is 33.1 Å². The Morgan fingerprint density at radius 2 is 1.78 bits per heavy atom. The first-order chi connectivity index (χ1) is 8.63. The van der Waals surface area contributed by atoms with E-state index in [-0.39, 0.29) is 5.82 Å². The summed E-state index contributed by atoms with van der Waals surface area (Å²) in [6.07, 6.45) is 3.83. The minimum atomic E-state index is -0.527. The van der Waals surface area contributed by atoms with Crippen LogP contribution >= 0.6 is 15.9 Å². The fraction of sp³-hybridized carbons (Fsp3) is 0.214. The molecule has 0 saturated carbocycles. The van der Waals surface area contributed by atoms with Gasteiger partial charge in [-0.3, -0.25) is 4.98 Å². The molecule has 0 fully saturated rings. The molecule has 0 amide bonds. The number of aliphatic hydroxyl groups is 1. The quantitative estimate of drug-likeness (QED) is 0.941. The third-order valence-corrected chi connectivity index (χ3v) is 3.07. The average molecular weight is 310 g/mol. The summed E-state index contributed by atoms with van der Waals surface area (Å²) < 4.78 is 13.9. The van der Waals surface area contributed by atoms with Gasteiger partial charge in [-0.05, 0) is 54.3 Å². The molecule has 1 unspecified atom stereocenters. The Bertz CT molecular complexity index is 498. The minimum Gasteiger partial charge on any atom is -0.392 e. The molecular formula is C14H13BrFNO. The van der Waals surface area contributed by atoms with Crippen molar-refractivity contribution >= 4 is 15.9 Å². The van der Waals surface area contributed by atoms with E-state index in [1.807, 2.05) is 18.2 Å². The Balaban J connectivity index is 2.01. The Morgan fingerprint density at radius 3 is 2.44 bits per heavy atom. The van der Waals surface area contributed by atoms with Crippen molar-refractivity contribution in [1.29, 1.82) is 0 Å². The maximum atomic E-state index is 13.2. The van der Waals surface area contributed by atoms with E-state index in [0.29, 0.717) is 17.3 Å². The lowest BCUT2D eigenvalue weighted by Crippen LogP contribution is -2.14. The van der Waals surface area contributed by atoms with Crippen molar-refractivity contribution in [1.82, 2.24) is 4.98 Å². The number of rotatable bonds is 4. The number of aromatic nitrogens is 1. The van der Waals surface area contributed by atoms with Crippen LogP contribution in [-0.4, -0.2) is 16.2 Å². The Hall–Kier alpha value is -1.26. The first kappa shape index (κ1) is 13.2. The third-order valence-electron chi connectivity index (χ3n) is 2.61. The normalized spacial score (nSPS) is 12.4. The van der Waals surface area contributed by atoms with Crippen LogP contribution in [0.1, 0.15) is 11.1 Å². The monoisotopic (exact) mass is 309 g/mol. The molecule has 1 atom stereocenters. The number of hydrogen-bond acceptors (Lipinski definition) is 2. The van der Waals surface area contributed by atoms with Gasteiger partial charge in [-0.2, -0.15) is 0 Å². The van der Waals surface area contributed by atoms with E-state index in [2.05, 4.69) is 20.9 Å². The molecule has 1 N–H and O–H groups in total. The molecule has 0 radical (unpaired) electrons. The average Bonchev–Trinajstić information content (AvgIpc) is 2.28. The highest BCUT2D eigenvalue weighted by Crippen LogP contribution is 2.17. The van der Waals surface area contributed by atoms with Gasteiger partial charge >= 0.3 is 0 Å². The molecule has 94 valence electrons. The first-order valence-electron chi connectivity index (χ1n) is 5.65. The van der Waals surface area contributed by atoms with Gasteiger partial charge in [0.15, 0.2) is 0 Å². The zero-order valence-electron chi connectivity index (χ0n) is 9.68. The van der Waals surface area contributed by atoms with Crippen LogP contribution in [0.25, 0.3) is 0 Å². The number of benzene rings is 1. The predicted octanol–water partition coefficient (Wildman–Crippen LogP) is 3.13. The molecule has 2 nitrogen and oxygen atoms in total. The summed E-state index contributed by atoms with van der Waals surface area (Å²) in [6.45, 7) is 0. The van der Waals surface area contributed by atoms with Gasteiger partial charge in [0.25, 0.3) is 0 Å². The van der Waals surface area contributed by atoms with E-state index < -0.39 is 6.10 Å². The molecule has 0 aliphatic rings. The lowest BCUT2D eigenvalue weighted by Gasteiger charge is -2.11. The fourth-order valence-corrected chi connectivity index (χ4v) is 2.38. The van der Waals surface area contributed by atoms with Gasteiger partial charge < -0.3 is 5.11 Å². The summed E-state index contributed by atoms with van der Waals surface area (Å²) in [5.41, 5.74) is 1.80. The highest BCUT2D eigenvalue weighted by molar-refractivity contribution is 9.10. The van der Waals surface area contributed by atoms with Gasteiger partial charge in [0.2, 0.25) is 0 Å². The van der Waals surface area contributed by atoms with Crippen molar-refractivity contribution in [3.63, 3.8) is 0 Å². The van der Waals surface area contributed by atoms with Gasteiger partial charge in [0.1, 0.15) is 5.82 Å². The van der Waals surface area contributed by atoms with E-state index in [9.17, 15) is 9.50 Å². The van der Waals surface area contributed by atoms with Crippen LogP contribution in [0.3, 0.4) is 0 Å². The Morgan fingerprint density at radius 1 is 1.11 bits per heavy atom. The Kier molecular flexibility index (Phi) is 4.44. The minimum absolute atomic E-state index is 0.296. The number of nitrogens with zero attached hydrogens (tertiary/aromatic N) is 1. The highest BCUT2D eigenvalue weighted by atomic mass is 79.9. The molecule has 2 rings (SSSR count).